The normalized spacial score (nSPS) is 12.0. The van der Waals surface area contributed by atoms with E-state index in [1.54, 1.807) is 42.5 Å². The molecule has 0 saturated carbocycles. The lowest BCUT2D eigenvalue weighted by atomic mass is 10.1. The molecule has 1 atom stereocenters. The summed E-state index contributed by atoms with van der Waals surface area (Å²) >= 11 is 3.41. The van der Waals surface area contributed by atoms with E-state index in [0.717, 1.165) is 16.3 Å². The van der Waals surface area contributed by atoms with Gasteiger partial charge < -0.3 is 10.2 Å². The van der Waals surface area contributed by atoms with Crippen molar-refractivity contribution in [3.63, 3.8) is 0 Å². The van der Waals surface area contributed by atoms with E-state index in [1.165, 1.54) is 17.0 Å². The second kappa shape index (κ2) is 14.1. The molecular weight excluding hydrogens is 566 g/mol. The van der Waals surface area contributed by atoms with Gasteiger partial charge in [-0.25, -0.2) is 8.42 Å². The Kier molecular flexibility index (Phi) is 10.9. The molecule has 3 aromatic rings. The highest BCUT2D eigenvalue weighted by molar-refractivity contribution is 9.10. The molecule has 202 valence electrons. The number of nitrogens with zero attached hydrogens (tertiary/aromatic N) is 2. The quantitative estimate of drug-likeness (QED) is 0.299. The average Bonchev–Trinajstić information content (AvgIpc) is 2.93. The van der Waals surface area contributed by atoms with Crippen molar-refractivity contribution in [1.29, 1.82) is 0 Å². The van der Waals surface area contributed by atoms with Crippen LogP contribution in [0.4, 0.5) is 5.69 Å². The number of sulfonamides is 1. The number of hydrogen-bond acceptors (Lipinski definition) is 4. The fourth-order valence-corrected chi connectivity index (χ4v) is 5.96. The predicted octanol–water partition coefficient (Wildman–Crippen LogP) is 5.02. The molecule has 0 aliphatic carbocycles. The van der Waals surface area contributed by atoms with E-state index in [9.17, 15) is 18.0 Å². The zero-order valence-electron chi connectivity index (χ0n) is 21.7. The fraction of sp³-hybridized carbons (Fsp3) is 0.310. The van der Waals surface area contributed by atoms with Gasteiger partial charge in [-0.3, -0.25) is 13.9 Å². The maximum atomic E-state index is 13.9. The van der Waals surface area contributed by atoms with Crippen LogP contribution in [0.2, 0.25) is 0 Å². The van der Waals surface area contributed by atoms with Gasteiger partial charge in [0.05, 0.1) is 10.6 Å². The molecule has 9 heteroatoms. The summed E-state index contributed by atoms with van der Waals surface area (Å²) in [4.78, 5) is 28.6. The Morgan fingerprint density at radius 3 is 2.18 bits per heavy atom. The average molecular weight is 601 g/mol. The molecule has 0 aliphatic rings. The Hall–Kier alpha value is -3.17. The van der Waals surface area contributed by atoms with E-state index >= 15 is 0 Å². The van der Waals surface area contributed by atoms with Crippen LogP contribution in [0.3, 0.4) is 0 Å². The van der Waals surface area contributed by atoms with E-state index in [2.05, 4.69) is 21.2 Å². The Bertz CT molecular complexity index is 1300. The van der Waals surface area contributed by atoms with Gasteiger partial charge in [0.2, 0.25) is 11.8 Å². The molecule has 3 aromatic carbocycles. The molecule has 1 N–H and O–H groups in total. The number of hydrogen-bond donors (Lipinski definition) is 1. The minimum Gasteiger partial charge on any atom is -0.354 e. The molecule has 0 aromatic heterocycles. The zero-order valence-corrected chi connectivity index (χ0v) is 24.1. The summed E-state index contributed by atoms with van der Waals surface area (Å²) in [6.07, 6.45) is 1.71. The summed E-state index contributed by atoms with van der Waals surface area (Å²) in [5, 5.41) is 2.89. The van der Waals surface area contributed by atoms with E-state index in [1.807, 2.05) is 44.2 Å². The first-order valence-corrected chi connectivity index (χ1v) is 15.0. The lowest BCUT2D eigenvalue weighted by Crippen LogP contribution is -2.53. The molecule has 0 radical (unpaired) electrons. The third-order valence-corrected chi connectivity index (χ3v) is 8.41. The van der Waals surface area contributed by atoms with Crippen LogP contribution < -0.4 is 9.62 Å². The van der Waals surface area contributed by atoms with Gasteiger partial charge in [0.15, 0.2) is 0 Å². The monoisotopic (exact) mass is 599 g/mol. The van der Waals surface area contributed by atoms with Crippen LogP contribution in [-0.4, -0.2) is 50.8 Å². The third-order valence-electron chi connectivity index (χ3n) is 6.13. The third kappa shape index (κ3) is 7.68. The van der Waals surface area contributed by atoms with Crippen molar-refractivity contribution < 1.29 is 18.0 Å². The Morgan fingerprint density at radius 1 is 0.921 bits per heavy atom. The standard InChI is InChI=1S/C29H34BrN3O4S/c1-3-19-31-29(35)27(4-2)32(20-18-23-12-7-5-8-13-23)28(34)22-33(25-15-11-14-24(30)21-25)38(36,37)26-16-9-6-10-17-26/h5-17,21,27H,3-4,18-20,22H2,1-2H3,(H,31,35)/t27-/m1/s1. The van der Waals surface area contributed by atoms with Gasteiger partial charge in [0, 0.05) is 17.6 Å². The van der Waals surface area contributed by atoms with Crippen LogP contribution in [0.5, 0.6) is 0 Å². The summed E-state index contributed by atoms with van der Waals surface area (Å²) in [6.45, 7) is 4.15. The Balaban J connectivity index is 1.98. The smallest absolute Gasteiger partial charge is 0.264 e. The van der Waals surface area contributed by atoms with E-state index < -0.39 is 28.5 Å². The molecule has 0 saturated heterocycles. The first-order valence-electron chi connectivity index (χ1n) is 12.7. The van der Waals surface area contributed by atoms with Gasteiger partial charge in [-0.2, -0.15) is 0 Å². The lowest BCUT2D eigenvalue weighted by molar-refractivity contribution is -0.139. The molecule has 7 nitrogen and oxygen atoms in total. The first-order chi connectivity index (χ1) is 18.3. The van der Waals surface area contributed by atoms with Gasteiger partial charge in [-0.05, 0) is 55.2 Å². The first kappa shape index (κ1) is 29.4. The van der Waals surface area contributed by atoms with Crippen LogP contribution in [0.1, 0.15) is 32.3 Å². The number of halogens is 1. The SMILES string of the molecule is CCCNC(=O)[C@@H](CC)N(CCc1ccccc1)C(=O)CN(c1cccc(Br)c1)S(=O)(=O)c1ccccc1. The minimum absolute atomic E-state index is 0.0799. The summed E-state index contributed by atoms with van der Waals surface area (Å²) in [5.41, 5.74) is 1.37. The van der Waals surface area contributed by atoms with Crippen LogP contribution in [0.15, 0.2) is 94.3 Å². The summed E-state index contributed by atoms with van der Waals surface area (Å²) < 4.78 is 29.3. The van der Waals surface area contributed by atoms with Gasteiger partial charge in [0.25, 0.3) is 10.0 Å². The second-order valence-electron chi connectivity index (χ2n) is 8.84. The highest BCUT2D eigenvalue weighted by Gasteiger charge is 2.33. The molecule has 0 aliphatic heterocycles. The second-order valence-corrected chi connectivity index (χ2v) is 11.6. The van der Waals surface area contributed by atoms with Crippen molar-refractivity contribution in [2.24, 2.45) is 0 Å². The summed E-state index contributed by atoms with van der Waals surface area (Å²) in [7, 11) is -4.07. The van der Waals surface area contributed by atoms with Crippen molar-refractivity contribution >= 4 is 43.5 Å². The molecule has 0 spiro atoms. The fourth-order valence-electron chi connectivity index (χ4n) is 4.14. The number of amides is 2. The van der Waals surface area contributed by atoms with E-state index in [-0.39, 0.29) is 17.3 Å². The number of carbonyl (C=O) groups is 2. The topological polar surface area (TPSA) is 86.8 Å². The molecule has 38 heavy (non-hydrogen) atoms. The maximum Gasteiger partial charge on any atom is 0.264 e. The summed E-state index contributed by atoms with van der Waals surface area (Å²) in [5.74, 6) is -0.686. The number of benzene rings is 3. The van der Waals surface area contributed by atoms with E-state index in [0.29, 0.717) is 29.5 Å². The van der Waals surface area contributed by atoms with Gasteiger partial charge in [-0.15, -0.1) is 0 Å². The van der Waals surface area contributed by atoms with Crippen LogP contribution >= 0.6 is 15.9 Å². The summed E-state index contributed by atoms with van der Waals surface area (Å²) in [6, 6.07) is 23.8. The van der Waals surface area contributed by atoms with Crippen LogP contribution in [0, 0.1) is 0 Å². The van der Waals surface area contributed by atoms with Gasteiger partial charge in [-0.1, -0.05) is 84.4 Å². The Labute approximate surface area is 234 Å². The molecule has 0 heterocycles. The van der Waals surface area contributed by atoms with Crippen LogP contribution in [-0.2, 0) is 26.0 Å². The van der Waals surface area contributed by atoms with Crippen molar-refractivity contribution in [2.45, 2.75) is 44.0 Å². The van der Waals surface area contributed by atoms with Crippen molar-refractivity contribution in [1.82, 2.24) is 10.2 Å². The number of carbonyl (C=O) groups excluding carboxylic acids is 2. The van der Waals surface area contributed by atoms with Crippen molar-refractivity contribution in [2.75, 3.05) is 23.9 Å². The molecular formula is C29H34BrN3O4S. The van der Waals surface area contributed by atoms with Crippen molar-refractivity contribution in [3.8, 4) is 0 Å². The molecule has 2 amide bonds. The highest BCUT2D eigenvalue weighted by Crippen LogP contribution is 2.27. The Morgan fingerprint density at radius 2 is 1.58 bits per heavy atom. The number of nitrogens with one attached hydrogen (secondary N) is 1. The highest BCUT2D eigenvalue weighted by atomic mass is 79.9. The minimum atomic E-state index is -4.07. The molecule has 0 fully saturated rings. The van der Waals surface area contributed by atoms with E-state index in [4.69, 9.17) is 0 Å². The molecule has 3 rings (SSSR count). The number of rotatable bonds is 13. The van der Waals surface area contributed by atoms with Gasteiger partial charge >= 0.3 is 0 Å². The lowest BCUT2D eigenvalue weighted by Gasteiger charge is -2.33. The van der Waals surface area contributed by atoms with Crippen molar-refractivity contribution in [3.05, 3.63) is 95.0 Å². The van der Waals surface area contributed by atoms with Crippen LogP contribution in [0.25, 0.3) is 0 Å². The maximum absolute atomic E-state index is 13.9. The number of anilines is 1. The molecule has 0 unspecified atom stereocenters. The van der Waals surface area contributed by atoms with Gasteiger partial charge in [0.1, 0.15) is 12.6 Å². The largest absolute Gasteiger partial charge is 0.354 e. The predicted molar refractivity (Wildman–Crippen MR) is 154 cm³/mol. The molecule has 0 bridgehead atoms. The zero-order chi connectivity index (χ0) is 27.5.